The van der Waals surface area contributed by atoms with Crippen LogP contribution in [0, 0.1) is 11.8 Å². The van der Waals surface area contributed by atoms with Crippen LogP contribution < -0.4 is 0 Å². The van der Waals surface area contributed by atoms with E-state index in [0.29, 0.717) is 6.54 Å². The molecule has 4 nitrogen and oxygen atoms in total. The standard InChI is InChI=1S/C14H25NO3/c1-9-10(2)15(8-7-12(9)11(3)16)13(17)18-14(4,5)6/h9-10,12H,7-8H2,1-6H3. The van der Waals surface area contributed by atoms with Gasteiger partial charge >= 0.3 is 6.09 Å². The van der Waals surface area contributed by atoms with Crippen molar-refractivity contribution in [3.05, 3.63) is 0 Å². The Morgan fingerprint density at radius 2 is 1.78 bits per heavy atom. The summed E-state index contributed by atoms with van der Waals surface area (Å²) in [6.45, 7) is 11.8. The highest BCUT2D eigenvalue weighted by atomic mass is 16.6. The fraction of sp³-hybridized carbons (Fsp3) is 0.857. The predicted molar refractivity (Wildman–Crippen MR) is 70.4 cm³/mol. The maximum atomic E-state index is 12.1. The highest BCUT2D eigenvalue weighted by Crippen LogP contribution is 2.30. The van der Waals surface area contributed by atoms with Crippen LogP contribution in [0.5, 0.6) is 0 Å². The molecule has 3 atom stereocenters. The smallest absolute Gasteiger partial charge is 0.410 e. The molecule has 0 spiro atoms. The lowest BCUT2D eigenvalue weighted by Crippen LogP contribution is -2.52. The summed E-state index contributed by atoms with van der Waals surface area (Å²) in [6.07, 6.45) is 0.462. The molecule has 0 aromatic rings. The molecule has 4 heteroatoms. The maximum absolute atomic E-state index is 12.1. The molecule has 3 unspecified atom stereocenters. The van der Waals surface area contributed by atoms with Gasteiger partial charge in [0.1, 0.15) is 11.4 Å². The molecule has 0 aromatic carbocycles. The van der Waals surface area contributed by atoms with Crippen LogP contribution in [-0.4, -0.2) is 35.0 Å². The molecular weight excluding hydrogens is 230 g/mol. The molecule has 0 radical (unpaired) electrons. The van der Waals surface area contributed by atoms with Gasteiger partial charge in [0.2, 0.25) is 0 Å². The molecule has 0 aliphatic carbocycles. The minimum absolute atomic E-state index is 0.0440. The highest BCUT2D eigenvalue weighted by Gasteiger charge is 2.38. The summed E-state index contributed by atoms with van der Waals surface area (Å²) < 4.78 is 5.39. The third-order valence-electron chi connectivity index (χ3n) is 3.72. The molecular formula is C14H25NO3. The van der Waals surface area contributed by atoms with Crippen molar-refractivity contribution >= 4 is 11.9 Å². The van der Waals surface area contributed by atoms with Crippen molar-refractivity contribution in [2.75, 3.05) is 6.54 Å². The highest BCUT2D eigenvalue weighted by molar-refractivity contribution is 5.79. The van der Waals surface area contributed by atoms with Gasteiger partial charge < -0.3 is 9.64 Å². The Hall–Kier alpha value is -1.06. The number of nitrogens with zero attached hydrogens (tertiary/aromatic N) is 1. The van der Waals surface area contributed by atoms with Gasteiger partial charge in [0.25, 0.3) is 0 Å². The molecule has 0 N–H and O–H groups in total. The van der Waals surface area contributed by atoms with Gasteiger partial charge in [-0.25, -0.2) is 4.79 Å². The number of piperidine rings is 1. The van der Waals surface area contributed by atoms with E-state index in [1.54, 1.807) is 11.8 Å². The Bertz CT molecular complexity index is 332. The second-order valence-corrected chi connectivity index (χ2v) is 6.28. The number of hydrogen-bond donors (Lipinski definition) is 0. The maximum Gasteiger partial charge on any atom is 0.410 e. The van der Waals surface area contributed by atoms with E-state index < -0.39 is 5.60 Å². The van der Waals surface area contributed by atoms with Gasteiger partial charge in [-0.05, 0) is 47.0 Å². The zero-order valence-corrected chi connectivity index (χ0v) is 12.3. The predicted octanol–water partition coefficient (Wildman–Crippen LogP) is 2.86. The van der Waals surface area contributed by atoms with Crippen molar-refractivity contribution in [1.29, 1.82) is 0 Å². The SMILES string of the molecule is CC(=O)C1CCN(C(=O)OC(C)(C)C)C(C)C1C. The lowest BCUT2D eigenvalue weighted by molar-refractivity contribution is -0.125. The van der Waals surface area contributed by atoms with E-state index in [1.807, 2.05) is 34.6 Å². The monoisotopic (exact) mass is 255 g/mol. The summed E-state index contributed by atoms with van der Waals surface area (Å²) in [5.74, 6) is 0.473. The Kier molecular flexibility index (Phi) is 4.41. The van der Waals surface area contributed by atoms with E-state index in [9.17, 15) is 9.59 Å². The molecule has 0 saturated carbocycles. The van der Waals surface area contributed by atoms with Crippen LogP contribution >= 0.6 is 0 Å². The van der Waals surface area contributed by atoms with Crippen molar-refractivity contribution < 1.29 is 14.3 Å². The third kappa shape index (κ3) is 3.47. The minimum atomic E-state index is -0.475. The Balaban J connectivity index is 2.71. The molecule has 1 rings (SSSR count). The summed E-state index contributed by atoms with van der Waals surface area (Å²) in [4.78, 5) is 25.3. The number of carbonyl (C=O) groups is 2. The van der Waals surface area contributed by atoms with Crippen molar-refractivity contribution in [2.45, 2.75) is 59.6 Å². The quantitative estimate of drug-likeness (QED) is 0.723. The first-order valence-electron chi connectivity index (χ1n) is 6.63. The number of likely N-dealkylation sites (tertiary alicyclic amines) is 1. The Morgan fingerprint density at radius 1 is 1.22 bits per heavy atom. The van der Waals surface area contributed by atoms with Crippen LogP contribution in [0.1, 0.15) is 48.0 Å². The number of amides is 1. The third-order valence-corrected chi connectivity index (χ3v) is 3.72. The molecule has 1 aliphatic rings. The Morgan fingerprint density at radius 3 is 2.22 bits per heavy atom. The first kappa shape index (κ1) is 15.0. The van der Waals surface area contributed by atoms with E-state index in [2.05, 4.69) is 0 Å². The number of ether oxygens (including phenoxy) is 1. The second-order valence-electron chi connectivity index (χ2n) is 6.28. The normalized spacial score (nSPS) is 29.0. The minimum Gasteiger partial charge on any atom is -0.444 e. The topological polar surface area (TPSA) is 46.6 Å². The van der Waals surface area contributed by atoms with Crippen LogP contribution in [0.3, 0.4) is 0 Å². The van der Waals surface area contributed by atoms with Crippen molar-refractivity contribution in [3.63, 3.8) is 0 Å². The number of hydrogen-bond acceptors (Lipinski definition) is 3. The lowest BCUT2D eigenvalue weighted by atomic mass is 9.79. The van der Waals surface area contributed by atoms with Crippen LogP contribution in [-0.2, 0) is 9.53 Å². The number of carbonyl (C=O) groups excluding carboxylic acids is 2. The van der Waals surface area contributed by atoms with Crippen LogP contribution in [0.15, 0.2) is 0 Å². The van der Waals surface area contributed by atoms with Gasteiger partial charge in [-0.15, -0.1) is 0 Å². The van der Waals surface area contributed by atoms with E-state index in [4.69, 9.17) is 4.74 Å². The van der Waals surface area contributed by atoms with E-state index in [1.165, 1.54) is 0 Å². The van der Waals surface area contributed by atoms with Crippen LogP contribution in [0.2, 0.25) is 0 Å². The van der Waals surface area contributed by atoms with Gasteiger partial charge in [-0.2, -0.15) is 0 Å². The van der Waals surface area contributed by atoms with Crippen molar-refractivity contribution in [3.8, 4) is 0 Å². The largest absolute Gasteiger partial charge is 0.444 e. The van der Waals surface area contributed by atoms with Gasteiger partial charge in [0.05, 0.1) is 0 Å². The first-order chi connectivity index (χ1) is 8.13. The zero-order chi connectivity index (χ0) is 14.1. The molecule has 0 aromatic heterocycles. The fourth-order valence-electron chi connectivity index (χ4n) is 2.52. The molecule has 1 saturated heterocycles. The number of Topliss-reactive ketones (excluding diaryl/α,β-unsaturated/α-hetero) is 1. The molecule has 18 heavy (non-hydrogen) atoms. The van der Waals surface area contributed by atoms with Crippen LogP contribution in [0.4, 0.5) is 4.79 Å². The lowest BCUT2D eigenvalue weighted by Gasteiger charge is -2.42. The zero-order valence-electron chi connectivity index (χ0n) is 12.3. The van der Waals surface area contributed by atoms with Crippen molar-refractivity contribution in [1.82, 2.24) is 4.90 Å². The van der Waals surface area contributed by atoms with Crippen molar-refractivity contribution in [2.24, 2.45) is 11.8 Å². The molecule has 1 fully saturated rings. The Labute approximate surface area is 110 Å². The van der Waals surface area contributed by atoms with E-state index in [0.717, 1.165) is 6.42 Å². The summed E-state index contributed by atoms with van der Waals surface area (Å²) in [7, 11) is 0. The summed E-state index contributed by atoms with van der Waals surface area (Å²) in [5.41, 5.74) is -0.475. The summed E-state index contributed by atoms with van der Waals surface area (Å²) in [5, 5.41) is 0. The second kappa shape index (κ2) is 5.29. The van der Waals surface area contributed by atoms with E-state index >= 15 is 0 Å². The first-order valence-corrected chi connectivity index (χ1v) is 6.63. The summed E-state index contributed by atoms with van der Waals surface area (Å²) in [6, 6.07) is 0.0440. The summed E-state index contributed by atoms with van der Waals surface area (Å²) >= 11 is 0. The molecule has 104 valence electrons. The van der Waals surface area contributed by atoms with Gasteiger partial charge in [-0.3, -0.25) is 4.79 Å². The van der Waals surface area contributed by atoms with Gasteiger partial charge in [-0.1, -0.05) is 6.92 Å². The molecule has 1 aliphatic heterocycles. The average Bonchev–Trinajstić information content (AvgIpc) is 2.18. The molecule has 0 bridgehead atoms. The van der Waals surface area contributed by atoms with Crippen LogP contribution in [0.25, 0.3) is 0 Å². The molecule has 1 amide bonds. The van der Waals surface area contributed by atoms with Gasteiger partial charge in [0, 0.05) is 18.5 Å². The van der Waals surface area contributed by atoms with Gasteiger partial charge in [0.15, 0.2) is 0 Å². The molecule has 1 heterocycles. The fourth-order valence-corrected chi connectivity index (χ4v) is 2.52. The average molecular weight is 255 g/mol. The number of ketones is 1. The number of rotatable bonds is 1. The van der Waals surface area contributed by atoms with E-state index in [-0.39, 0.29) is 29.8 Å².